The molecule has 94 valence electrons. The van der Waals surface area contributed by atoms with Gasteiger partial charge in [0.25, 0.3) is 0 Å². The largest absolute Gasteiger partial charge is 0.331 e. The third kappa shape index (κ3) is 5.55. The fourth-order valence-corrected chi connectivity index (χ4v) is 0.991. The number of rotatable bonds is 4. The van der Waals surface area contributed by atoms with Gasteiger partial charge in [-0.15, -0.1) is 0 Å². The van der Waals surface area contributed by atoms with Crippen molar-refractivity contribution in [2.75, 3.05) is 0 Å². The third-order valence-electron chi connectivity index (χ3n) is 1.70. The summed E-state index contributed by atoms with van der Waals surface area (Å²) in [4.78, 5) is 29.8. The molecule has 1 aromatic rings. The Balaban J connectivity index is 2.57. The van der Waals surface area contributed by atoms with Crippen LogP contribution in [0.5, 0.6) is 0 Å². The Morgan fingerprint density at radius 3 is 1.50 bits per heavy atom. The summed E-state index contributed by atoms with van der Waals surface area (Å²) in [6, 6.07) is 7.01. The molecule has 0 amide bonds. The van der Waals surface area contributed by atoms with E-state index in [1.165, 1.54) is 26.3 Å². The fraction of sp³-hybridized carbons (Fsp3) is 0.167. The summed E-state index contributed by atoms with van der Waals surface area (Å²) >= 11 is 0. The monoisotopic (exact) mass is 248 g/mol. The molecule has 0 saturated carbocycles. The highest BCUT2D eigenvalue weighted by molar-refractivity contribution is 5.84. The SMILES string of the molecule is CC(=O)O/N=C/c1ccc(/C=N/OC(C)=O)cc1. The van der Waals surface area contributed by atoms with Crippen LogP contribution >= 0.6 is 0 Å². The minimum absolute atomic E-state index is 0.476. The van der Waals surface area contributed by atoms with Crippen LogP contribution in [-0.4, -0.2) is 24.4 Å². The van der Waals surface area contributed by atoms with Gasteiger partial charge in [-0.3, -0.25) is 0 Å². The molecule has 0 aromatic heterocycles. The summed E-state index contributed by atoms with van der Waals surface area (Å²) in [6.45, 7) is 2.54. The van der Waals surface area contributed by atoms with Crippen molar-refractivity contribution in [3.8, 4) is 0 Å². The highest BCUT2D eigenvalue weighted by Gasteiger charge is 1.92. The highest BCUT2D eigenvalue weighted by atomic mass is 16.7. The Kier molecular flexibility index (Phi) is 5.24. The minimum atomic E-state index is -0.476. The van der Waals surface area contributed by atoms with E-state index in [1.54, 1.807) is 24.3 Å². The van der Waals surface area contributed by atoms with E-state index in [0.29, 0.717) is 0 Å². The van der Waals surface area contributed by atoms with Crippen LogP contribution in [0, 0.1) is 0 Å². The molecule has 0 radical (unpaired) electrons. The maximum absolute atomic E-state index is 10.5. The molecule has 1 aromatic carbocycles. The molecular weight excluding hydrogens is 236 g/mol. The maximum atomic E-state index is 10.5. The van der Waals surface area contributed by atoms with Gasteiger partial charge in [0.1, 0.15) is 0 Å². The van der Waals surface area contributed by atoms with E-state index >= 15 is 0 Å². The summed E-state index contributed by atoms with van der Waals surface area (Å²) in [5, 5.41) is 6.96. The zero-order chi connectivity index (χ0) is 13.4. The standard InChI is InChI=1S/C12H12N2O4/c1-9(15)17-13-7-11-3-5-12(6-4-11)8-14-18-10(2)16/h3-8H,1-2H3/b13-7+,14-8+. The molecular formula is C12H12N2O4. The van der Waals surface area contributed by atoms with Gasteiger partial charge in [-0.05, 0) is 11.1 Å². The molecule has 0 unspecified atom stereocenters. The average molecular weight is 248 g/mol. The lowest BCUT2D eigenvalue weighted by Crippen LogP contribution is -1.93. The Morgan fingerprint density at radius 2 is 1.22 bits per heavy atom. The number of nitrogens with zero attached hydrogens (tertiary/aromatic N) is 2. The Morgan fingerprint density at radius 1 is 0.889 bits per heavy atom. The topological polar surface area (TPSA) is 77.3 Å². The van der Waals surface area contributed by atoms with Crippen LogP contribution in [0.2, 0.25) is 0 Å². The maximum Gasteiger partial charge on any atom is 0.331 e. The van der Waals surface area contributed by atoms with E-state index in [9.17, 15) is 9.59 Å². The van der Waals surface area contributed by atoms with Gasteiger partial charge in [0.15, 0.2) is 0 Å². The molecule has 0 aliphatic carbocycles. The van der Waals surface area contributed by atoms with E-state index in [0.717, 1.165) is 11.1 Å². The first-order chi connectivity index (χ1) is 8.58. The number of hydrogen-bond donors (Lipinski definition) is 0. The van der Waals surface area contributed by atoms with Crippen molar-refractivity contribution in [2.45, 2.75) is 13.8 Å². The predicted octanol–water partition coefficient (Wildman–Crippen LogP) is 1.48. The molecule has 0 aliphatic heterocycles. The van der Waals surface area contributed by atoms with E-state index in [4.69, 9.17) is 0 Å². The molecule has 0 heterocycles. The number of oxime groups is 2. The second kappa shape index (κ2) is 6.95. The normalized spacial score (nSPS) is 10.8. The molecule has 0 bridgehead atoms. The second-order valence-corrected chi connectivity index (χ2v) is 3.30. The molecule has 0 aliphatic rings. The van der Waals surface area contributed by atoms with Crippen molar-refractivity contribution in [1.82, 2.24) is 0 Å². The summed E-state index contributed by atoms with van der Waals surface area (Å²) in [7, 11) is 0. The van der Waals surface area contributed by atoms with Crippen LogP contribution in [0.25, 0.3) is 0 Å². The first-order valence-corrected chi connectivity index (χ1v) is 5.10. The molecule has 18 heavy (non-hydrogen) atoms. The predicted molar refractivity (Wildman–Crippen MR) is 65.2 cm³/mol. The molecule has 0 saturated heterocycles. The van der Waals surface area contributed by atoms with Gasteiger partial charge in [-0.2, -0.15) is 0 Å². The van der Waals surface area contributed by atoms with Gasteiger partial charge < -0.3 is 9.68 Å². The van der Waals surface area contributed by atoms with Crippen LogP contribution in [0.3, 0.4) is 0 Å². The lowest BCUT2D eigenvalue weighted by molar-refractivity contribution is -0.141. The summed E-state index contributed by atoms with van der Waals surface area (Å²) in [5.41, 5.74) is 1.53. The molecule has 0 N–H and O–H groups in total. The quantitative estimate of drug-likeness (QED) is 0.459. The molecule has 0 spiro atoms. The van der Waals surface area contributed by atoms with Crippen LogP contribution in [-0.2, 0) is 19.3 Å². The van der Waals surface area contributed by atoms with Crippen molar-refractivity contribution < 1.29 is 19.3 Å². The first kappa shape index (κ1) is 13.6. The van der Waals surface area contributed by atoms with Crippen molar-refractivity contribution in [2.24, 2.45) is 10.3 Å². The number of carbonyl (C=O) groups is 2. The van der Waals surface area contributed by atoms with Gasteiger partial charge in [-0.25, -0.2) is 9.59 Å². The molecule has 6 nitrogen and oxygen atoms in total. The number of benzene rings is 1. The Bertz CT molecular complexity index is 432. The second-order valence-electron chi connectivity index (χ2n) is 3.30. The van der Waals surface area contributed by atoms with Crippen LogP contribution < -0.4 is 0 Å². The van der Waals surface area contributed by atoms with E-state index in [-0.39, 0.29) is 0 Å². The fourth-order valence-electron chi connectivity index (χ4n) is 0.991. The van der Waals surface area contributed by atoms with Crippen molar-refractivity contribution in [3.63, 3.8) is 0 Å². The van der Waals surface area contributed by atoms with Crippen molar-refractivity contribution in [3.05, 3.63) is 35.4 Å². The third-order valence-corrected chi connectivity index (χ3v) is 1.70. The van der Waals surface area contributed by atoms with Crippen molar-refractivity contribution >= 4 is 24.4 Å². The van der Waals surface area contributed by atoms with Gasteiger partial charge in [-0.1, -0.05) is 34.6 Å². The Labute approximate surface area is 104 Å². The van der Waals surface area contributed by atoms with Crippen LogP contribution in [0.4, 0.5) is 0 Å². The van der Waals surface area contributed by atoms with E-state index < -0.39 is 11.9 Å². The van der Waals surface area contributed by atoms with Crippen LogP contribution in [0.15, 0.2) is 34.6 Å². The summed E-state index contributed by atoms with van der Waals surface area (Å²) in [5.74, 6) is -0.951. The zero-order valence-electron chi connectivity index (χ0n) is 9.99. The van der Waals surface area contributed by atoms with Crippen molar-refractivity contribution in [1.29, 1.82) is 0 Å². The average Bonchev–Trinajstić information content (AvgIpc) is 2.30. The van der Waals surface area contributed by atoms with Gasteiger partial charge in [0, 0.05) is 13.8 Å². The highest BCUT2D eigenvalue weighted by Crippen LogP contribution is 2.00. The van der Waals surface area contributed by atoms with E-state index in [2.05, 4.69) is 20.0 Å². The Hall–Kier alpha value is -2.50. The molecule has 0 atom stereocenters. The molecule has 6 heteroatoms. The molecule has 1 rings (SSSR count). The molecule has 0 fully saturated rings. The van der Waals surface area contributed by atoms with E-state index in [1.807, 2.05) is 0 Å². The number of carbonyl (C=O) groups excluding carboxylic acids is 2. The summed E-state index contributed by atoms with van der Waals surface area (Å²) < 4.78 is 0. The smallest absolute Gasteiger partial charge is 0.319 e. The lowest BCUT2D eigenvalue weighted by atomic mass is 10.2. The van der Waals surface area contributed by atoms with Gasteiger partial charge in [0.05, 0.1) is 12.4 Å². The minimum Gasteiger partial charge on any atom is -0.319 e. The lowest BCUT2D eigenvalue weighted by Gasteiger charge is -1.95. The zero-order valence-corrected chi connectivity index (χ0v) is 9.99. The van der Waals surface area contributed by atoms with Gasteiger partial charge >= 0.3 is 11.9 Å². The van der Waals surface area contributed by atoms with Crippen LogP contribution in [0.1, 0.15) is 25.0 Å². The summed E-state index contributed by atoms with van der Waals surface area (Å²) in [6.07, 6.45) is 2.82. The number of hydrogen-bond acceptors (Lipinski definition) is 6. The van der Waals surface area contributed by atoms with Gasteiger partial charge in [0.2, 0.25) is 0 Å². The first-order valence-electron chi connectivity index (χ1n) is 5.10.